The van der Waals surface area contributed by atoms with Crippen molar-refractivity contribution in [2.24, 2.45) is 0 Å². The van der Waals surface area contributed by atoms with E-state index in [2.05, 4.69) is 6.92 Å². The average molecular weight is 337 g/mol. The lowest BCUT2D eigenvalue weighted by molar-refractivity contribution is -0.141. The molecule has 0 amide bonds. The van der Waals surface area contributed by atoms with Gasteiger partial charge in [-0.05, 0) is 36.2 Å². The van der Waals surface area contributed by atoms with Crippen LogP contribution >= 0.6 is 0 Å². The molecule has 1 heterocycles. The summed E-state index contributed by atoms with van der Waals surface area (Å²) in [6, 6.07) is 17.3. The maximum Gasteiger partial charge on any atom is 0.326 e. The number of carboxylic acids is 1. The van der Waals surface area contributed by atoms with Crippen molar-refractivity contribution >= 4 is 16.9 Å². The molecule has 0 aliphatic heterocycles. The number of carbonyl (C=O) groups is 1. The van der Waals surface area contributed by atoms with E-state index < -0.39 is 12.0 Å². The fourth-order valence-corrected chi connectivity index (χ4v) is 3.02. The van der Waals surface area contributed by atoms with Crippen LogP contribution in [0.1, 0.15) is 37.8 Å². The van der Waals surface area contributed by atoms with Crippen LogP contribution in [0.25, 0.3) is 10.9 Å². The van der Waals surface area contributed by atoms with Crippen molar-refractivity contribution in [2.75, 3.05) is 0 Å². The number of benzene rings is 2. The molecule has 0 bridgehead atoms. The highest BCUT2D eigenvalue weighted by Gasteiger charge is 2.20. The van der Waals surface area contributed by atoms with Crippen LogP contribution in [0.4, 0.5) is 0 Å². The minimum atomic E-state index is -0.782. The Morgan fingerprint density at radius 3 is 2.68 bits per heavy atom. The highest BCUT2D eigenvalue weighted by molar-refractivity contribution is 5.84. The van der Waals surface area contributed by atoms with E-state index in [1.807, 2.05) is 65.4 Å². The quantitative estimate of drug-likeness (QED) is 0.627. The monoisotopic (exact) mass is 337 g/mol. The van der Waals surface area contributed by atoms with Crippen LogP contribution in [0.3, 0.4) is 0 Å². The van der Waals surface area contributed by atoms with Crippen molar-refractivity contribution < 1.29 is 14.6 Å². The van der Waals surface area contributed by atoms with Crippen LogP contribution in [0.2, 0.25) is 0 Å². The Morgan fingerprint density at radius 2 is 1.96 bits per heavy atom. The van der Waals surface area contributed by atoms with E-state index in [1.54, 1.807) is 0 Å². The molecule has 0 aliphatic rings. The Balaban J connectivity index is 1.79. The van der Waals surface area contributed by atoms with E-state index in [0.717, 1.165) is 35.1 Å². The van der Waals surface area contributed by atoms with Gasteiger partial charge in [0.25, 0.3) is 0 Å². The van der Waals surface area contributed by atoms with Crippen LogP contribution in [0.5, 0.6) is 5.75 Å². The number of nitrogens with zero attached hydrogens (tertiary/aromatic N) is 1. The average Bonchev–Trinajstić information content (AvgIpc) is 3.04. The smallest absolute Gasteiger partial charge is 0.326 e. The standard InChI is InChI=1S/C21H23NO3/c1-2-3-9-20(21(23)24)22-13-12-17-14-18(10-11-19(17)22)25-15-16-7-5-4-6-8-16/h4-8,10-14,20H,2-3,9,15H2,1H3,(H,23,24). The molecule has 0 saturated heterocycles. The van der Waals surface area contributed by atoms with Gasteiger partial charge >= 0.3 is 5.97 Å². The molecule has 3 rings (SSSR count). The molecule has 1 N–H and O–H groups in total. The van der Waals surface area contributed by atoms with E-state index in [1.165, 1.54) is 0 Å². The second-order valence-corrected chi connectivity index (χ2v) is 6.21. The number of ether oxygens (including phenoxy) is 1. The first kappa shape index (κ1) is 17.1. The van der Waals surface area contributed by atoms with E-state index in [9.17, 15) is 9.90 Å². The van der Waals surface area contributed by atoms with Gasteiger partial charge in [0.2, 0.25) is 0 Å². The third-order valence-corrected chi connectivity index (χ3v) is 4.39. The fourth-order valence-electron chi connectivity index (χ4n) is 3.02. The minimum absolute atomic E-state index is 0.515. The van der Waals surface area contributed by atoms with Crippen molar-refractivity contribution in [1.29, 1.82) is 0 Å². The van der Waals surface area contributed by atoms with Crippen molar-refractivity contribution in [3.63, 3.8) is 0 Å². The summed E-state index contributed by atoms with van der Waals surface area (Å²) in [6.07, 6.45) is 4.39. The molecule has 25 heavy (non-hydrogen) atoms. The number of carboxylic acid groups (broad SMARTS) is 1. The first-order chi connectivity index (χ1) is 12.2. The SMILES string of the molecule is CCCCC(C(=O)O)n1ccc2cc(OCc3ccccc3)ccc21. The Morgan fingerprint density at radius 1 is 1.16 bits per heavy atom. The van der Waals surface area contributed by atoms with Gasteiger partial charge in [-0.3, -0.25) is 0 Å². The van der Waals surface area contributed by atoms with E-state index in [0.29, 0.717) is 13.0 Å². The third kappa shape index (κ3) is 4.02. The van der Waals surface area contributed by atoms with E-state index in [-0.39, 0.29) is 0 Å². The number of unbranched alkanes of at least 4 members (excludes halogenated alkanes) is 1. The second kappa shape index (κ2) is 7.88. The molecule has 0 spiro atoms. The normalized spacial score (nSPS) is 12.2. The van der Waals surface area contributed by atoms with Crippen LogP contribution in [-0.4, -0.2) is 15.6 Å². The van der Waals surface area contributed by atoms with Crippen LogP contribution < -0.4 is 4.74 Å². The van der Waals surface area contributed by atoms with Gasteiger partial charge < -0.3 is 14.4 Å². The predicted molar refractivity (Wildman–Crippen MR) is 98.9 cm³/mol. The molecule has 0 aliphatic carbocycles. The predicted octanol–water partition coefficient (Wildman–Crippen LogP) is 5.04. The fraction of sp³-hybridized carbons (Fsp3) is 0.286. The zero-order valence-electron chi connectivity index (χ0n) is 14.4. The Bertz CT molecular complexity index is 839. The van der Waals surface area contributed by atoms with Crippen LogP contribution in [0.15, 0.2) is 60.8 Å². The summed E-state index contributed by atoms with van der Waals surface area (Å²) in [5.74, 6) is 0.00453. The van der Waals surface area contributed by atoms with Gasteiger partial charge in [0, 0.05) is 17.1 Å². The summed E-state index contributed by atoms with van der Waals surface area (Å²) < 4.78 is 7.71. The van der Waals surface area contributed by atoms with Gasteiger partial charge in [0.1, 0.15) is 18.4 Å². The Labute approximate surface area is 147 Å². The molecular weight excluding hydrogens is 314 g/mol. The van der Waals surface area contributed by atoms with Crippen molar-refractivity contribution in [3.05, 3.63) is 66.4 Å². The summed E-state index contributed by atoms with van der Waals surface area (Å²) in [5, 5.41) is 10.5. The molecule has 0 fully saturated rings. The number of hydrogen-bond acceptors (Lipinski definition) is 2. The van der Waals surface area contributed by atoms with Crippen molar-refractivity contribution in [1.82, 2.24) is 4.57 Å². The molecule has 3 aromatic rings. The summed E-state index contributed by atoms with van der Waals surface area (Å²) in [6.45, 7) is 2.59. The molecule has 0 radical (unpaired) electrons. The third-order valence-electron chi connectivity index (χ3n) is 4.39. The Kier molecular flexibility index (Phi) is 5.39. The van der Waals surface area contributed by atoms with Crippen LogP contribution in [-0.2, 0) is 11.4 Å². The summed E-state index contributed by atoms with van der Waals surface area (Å²) >= 11 is 0. The van der Waals surface area contributed by atoms with Gasteiger partial charge in [-0.15, -0.1) is 0 Å². The largest absolute Gasteiger partial charge is 0.489 e. The highest BCUT2D eigenvalue weighted by atomic mass is 16.5. The molecule has 1 unspecified atom stereocenters. The lowest BCUT2D eigenvalue weighted by Crippen LogP contribution is -2.18. The first-order valence-electron chi connectivity index (χ1n) is 8.69. The zero-order valence-corrected chi connectivity index (χ0v) is 14.4. The molecule has 1 aromatic heterocycles. The van der Waals surface area contributed by atoms with Crippen molar-refractivity contribution in [3.8, 4) is 5.75 Å². The van der Waals surface area contributed by atoms with E-state index in [4.69, 9.17) is 4.74 Å². The van der Waals surface area contributed by atoms with Crippen molar-refractivity contribution in [2.45, 2.75) is 38.8 Å². The number of rotatable bonds is 8. The maximum atomic E-state index is 11.6. The second-order valence-electron chi connectivity index (χ2n) is 6.21. The van der Waals surface area contributed by atoms with Crippen LogP contribution in [0, 0.1) is 0 Å². The number of fused-ring (bicyclic) bond motifs is 1. The summed E-state index contributed by atoms with van der Waals surface area (Å²) in [5.41, 5.74) is 2.04. The summed E-state index contributed by atoms with van der Waals surface area (Å²) in [4.78, 5) is 11.6. The van der Waals surface area contributed by atoms with Gasteiger partial charge in [0.05, 0.1) is 0 Å². The molecule has 4 nitrogen and oxygen atoms in total. The van der Waals surface area contributed by atoms with Gasteiger partial charge in [-0.2, -0.15) is 0 Å². The van der Waals surface area contributed by atoms with Gasteiger partial charge in [-0.25, -0.2) is 4.79 Å². The molecule has 0 saturated carbocycles. The maximum absolute atomic E-state index is 11.6. The Hall–Kier alpha value is -2.75. The molecule has 4 heteroatoms. The highest BCUT2D eigenvalue weighted by Crippen LogP contribution is 2.27. The van der Waals surface area contributed by atoms with E-state index >= 15 is 0 Å². The van der Waals surface area contributed by atoms with Gasteiger partial charge in [-0.1, -0.05) is 50.1 Å². The molecule has 2 aromatic carbocycles. The number of aliphatic carboxylic acids is 1. The minimum Gasteiger partial charge on any atom is -0.489 e. The first-order valence-corrected chi connectivity index (χ1v) is 8.69. The molecule has 1 atom stereocenters. The topological polar surface area (TPSA) is 51.5 Å². The lowest BCUT2D eigenvalue weighted by atomic mass is 10.1. The number of hydrogen-bond donors (Lipinski definition) is 1. The molecule has 130 valence electrons. The van der Waals surface area contributed by atoms with Gasteiger partial charge in [0.15, 0.2) is 0 Å². The number of aromatic nitrogens is 1. The molecular formula is C21H23NO3. The zero-order chi connectivity index (χ0) is 17.6. The summed E-state index contributed by atoms with van der Waals surface area (Å²) in [7, 11) is 0. The lowest BCUT2D eigenvalue weighted by Gasteiger charge is -2.15.